The van der Waals surface area contributed by atoms with E-state index in [-0.39, 0.29) is 5.91 Å². The molecule has 1 aliphatic heterocycles. The molecule has 0 aliphatic carbocycles. The molecule has 1 saturated heterocycles. The molecule has 19 heavy (non-hydrogen) atoms. The molecular formula is C13H23N5O. The number of aryl methyl sites for hydroxylation is 1. The summed E-state index contributed by atoms with van der Waals surface area (Å²) in [4.78, 5) is 17.6. The van der Waals surface area contributed by atoms with Crippen LogP contribution < -0.4 is 11.1 Å². The molecule has 1 amide bonds. The second kappa shape index (κ2) is 6.68. The van der Waals surface area contributed by atoms with Crippen LogP contribution in [0.25, 0.3) is 0 Å². The van der Waals surface area contributed by atoms with Gasteiger partial charge in [0.2, 0.25) is 5.91 Å². The summed E-state index contributed by atoms with van der Waals surface area (Å²) >= 11 is 0. The highest BCUT2D eigenvalue weighted by molar-refractivity contribution is 5.75. The Morgan fingerprint density at radius 3 is 2.95 bits per heavy atom. The number of imidazole rings is 1. The van der Waals surface area contributed by atoms with Gasteiger partial charge in [-0.15, -0.1) is 0 Å². The second-order valence-corrected chi connectivity index (χ2v) is 5.02. The number of aromatic nitrogens is 2. The molecule has 0 saturated carbocycles. The predicted octanol–water partition coefficient (Wildman–Crippen LogP) is -0.0577. The fraction of sp³-hybridized carbons (Fsp3) is 0.692. The van der Waals surface area contributed by atoms with Gasteiger partial charge in [-0.2, -0.15) is 0 Å². The number of carbonyl (C=O) groups excluding carboxylic acids is 1. The maximum absolute atomic E-state index is 11.3. The molecule has 1 fully saturated rings. The van der Waals surface area contributed by atoms with Crippen molar-refractivity contribution in [2.24, 2.45) is 5.73 Å². The van der Waals surface area contributed by atoms with Gasteiger partial charge in [0.25, 0.3) is 0 Å². The standard InChI is InChI=1S/C13H23N5O/c1-2-17-10-16-7-12(17)8-18(9-13(14)19)11-3-5-15-6-4-11/h7,10-11,15H,2-6,8-9H2,1H3,(H2,14,19). The van der Waals surface area contributed by atoms with Crippen LogP contribution in [0.15, 0.2) is 12.5 Å². The van der Waals surface area contributed by atoms with E-state index in [0.29, 0.717) is 12.6 Å². The Kier molecular flexibility index (Phi) is 4.93. The van der Waals surface area contributed by atoms with Crippen LogP contribution in [0, 0.1) is 0 Å². The first-order chi connectivity index (χ1) is 9.20. The number of nitrogens with zero attached hydrogens (tertiary/aromatic N) is 3. The maximum Gasteiger partial charge on any atom is 0.231 e. The molecule has 3 N–H and O–H groups in total. The highest BCUT2D eigenvalue weighted by atomic mass is 16.1. The minimum absolute atomic E-state index is 0.263. The summed E-state index contributed by atoms with van der Waals surface area (Å²) in [6.45, 7) is 6.06. The fourth-order valence-corrected chi connectivity index (χ4v) is 2.66. The summed E-state index contributed by atoms with van der Waals surface area (Å²) < 4.78 is 2.11. The lowest BCUT2D eigenvalue weighted by Gasteiger charge is -2.33. The molecule has 6 heteroatoms. The Morgan fingerprint density at radius 1 is 1.58 bits per heavy atom. The van der Waals surface area contributed by atoms with Gasteiger partial charge in [0.1, 0.15) is 0 Å². The number of carbonyl (C=O) groups is 1. The lowest BCUT2D eigenvalue weighted by Crippen LogP contribution is -2.46. The number of piperidine rings is 1. The third kappa shape index (κ3) is 3.78. The van der Waals surface area contributed by atoms with Crippen molar-refractivity contribution in [3.8, 4) is 0 Å². The zero-order valence-electron chi connectivity index (χ0n) is 11.5. The number of primary amides is 1. The van der Waals surface area contributed by atoms with Crippen molar-refractivity contribution in [2.45, 2.75) is 38.9 Å². The van der Waals surface area contributed by atoms with E-state index in [1.54, 1.807) is 0 Å². The van der Waals surface area contributed by atoms with Gasteiger partial charge in [-0.3, -0.25) is 9.69 Å². The molecule has 1 aromatic rings. The van der Waals surface area contributed by atoms with Crippen molar-refractivity contribution in [3.63, 3.8) is 0 Å². The Bertz CT molecular complexity index is 411. The summed E-state index contributed by atoms with van der Waals surface area (Å²) in [5, 5.41) is 3.34. The van der Waals surface area contributed by atoms with Crippen molar-refractivity contribution in [3.05, 3.63) is 18.2 Å². The normalized spacial score (nSPS) is 16.9. The van der Waals surface area contributed by atoms with Crippen LogP contribution in [0.4, 0.5) is 0 Å². The van der Waals surface area contributed by atoms with Crippen LogP contribution >= 0.6 is 0 Å². The summed E-state index contributed by atoms with van der Waals surface area (Å²) in [5.41, 5.74) is 6.52. The Labute approximate surface area is 114 Å². The molecule has 0 radical (unpaired) electrons. The monoisotopic (exact) mass is 265 g/mol. The molecule has 2 heterocycles. The van der Waals surface area contributed by atoms with Crippen molar-refractivity contribution >= 4 is 5.91 Å². The van der Waals surface area contributed by atoms with Crippen LogP contribution in [0.3, 0.4) is 0 Å². The molecule has 0 bridgehead atoms. The Hall–Kier alpha value is -1.40. The van der Waals surface area contributed by atoms with Crippen LogP contribution in [-0.2, 0) is 17.9 Å². The minimum atomic E-state index is -0.263. The van der Waals surface area contributed by atoms with Crippen molar-refractivity contribution < 1.29 is 4.79 Å². The van der Waals surface area contributed by atoms with Crippen molar-refractivity contribution in [1.29, 1.82) is 0 Å². The van der Waals surface area contributed by atoms with Gasteiger partial charge in [-0.05, 0) is 32.9 Å². The number of rotatable bonds is 6. The van der Waals surface area contributed by atoms with Gasteiger partial charge in [-0.25, -0.2) is 4.98 Å². The third-order valence-corrected chi connectivity index (χ3v) is 3.69. The first-order valence-corrected chi connectivity index (χ1v) is 6.92. The zero-order valence-corrected chi connectivity index (χ0v) is 11.5. The quantitative estimate of drug-likeness (QED) is 0.755. The molecular weight excluding hydrogens is 242 g/mol. The van der Waals surface area contributed by atoms with Crippen molar-refractivity contribution in [2.75, 3.05) is 19.6 Å². The molecule has 0 atom stereocenters. The maximum atomic E-state index is 11.3. The number of nitrogens with two attached hydrogens (primary N) is 1. The topological polar surface area (TPSA) is 76.2 Å². The van der Waals surface area contributed by atoms with E-state index in [9.17, 15) is 4.79 Å². The third-order valence-electron chi connectivity index (χ3n) is 3.69. The van der Waals surface area contributed by atoms with E-state index in [0.717, 1.165) is 44.7 Å². The molecule has 6 nitrogen and oxygen atoms in total. The summed E-state index contributed by atoms with van der Waals surface area (Å²) in [6.07, 6.45) is 5.83. The van der Waals surface area contributed by atoms with Gasteiger partial charge < -0.3 is 15.6 Å². The molecule has 0 spiro atoms. The number of amides is 1. The molecule has 1 aromatic heterocycles. The van der Waals surface area contributed by atoms with E-state index in [4.69, 9.17) is 5.73 Å². The van der Waals surface area contributed by atoms with Gasteiger partial charge in [0.05, 0.1) is 18.6 Å². The zero-order chi connectivity index (χ0) is 13.7. The second-order valence-electron chi connectivity index (χ2n) is 5.02. The first-order valence-electron chi connectivity index (χ1n) is 6.92. The molecule has 0 unspecified atom stereocenters. The van der Waals surface area contributed by atoms with E-state index in [1.807, 2.05) is 12.5 Å². The van der Waals surface area contributed by atoms with E-state index in [2.05, 4.69) is 26.7 Å². The summed E-state index contributed by atoms with van der Waals surface area (Å²) in [7, 11) is 0. The Balaban J connectivity index is 2.06. The molecule has 106 valence electrons. The lowest BCUT2D eigenvalue weighted by molar-refractivity contribution is -0.120. The highest BCUT2D eigenvalue weighted by Crippen LogP contribution is 2.15. The fourth-order valence-electron chi connectivity index (χ4n) is 2.66. The number of hydrogen-bond donors (Lipinski definition) is 2. The molecule has 2 rings (SSSR count). The van der Waals surface area contributed by atoms with Crippen molar-refractivity contribution in [1.82, 2.24) is 19.8 Å². The average Bonchev–Trinajstić information content (AvgIpc) is 2.86. The predicted molar refractivity (Wildman–Crippen MR) is 73.4 cm³/mol. The SMILES string of the molecule is CCn1cncc1CN(CC(N)=O)C1CCNCC1. The lowest BCUT2D eigenvalue weighted by atomic mass is 10.0. The van der Waals surface area contributed by atoms with Gasteiger partial charge >= 0.3 is 0 Å². The summed E-state index contributed by atoms with van der Waals surface area (Å²) in [6, 6.07) is 0.425. The van der Waals surface area contributed by atoms with E-state index >= 15 is 0 Å². The van der Waals surface area contributed by atoms with E-state index in [1.165, 1.54) is 0 Å². The van der Waals surface area contributed by atoms with Crippen LogP contribution in [0.1, 0.15) is 25.5 Å². The van der Waals surface area contributed by atoms with Gasteiger partial charge in [0.15, 0.2) is 0 Å². The van der Waals surface area contributed by atoms with Gasteiger partial charge in [-0.1, -0.05) is 0 Å². The molecule has 1 aliphatic rings. The van der Waals surface area contributed by atoms with Crippen LogP contribution in [0.5, 0.6) is 0 Å². The Morgan fingerprint density at radius 2 is 2.32 bits per heavy atom. The largest absolute Gasteiger partial charge is 0.369 e. The average molecular weight is 265 g/mol. The number of nitrogens with one attached hydrogen (secondary N) is 1. The van der Waals surface area contributed by atoms with E-state index < -0.39 is 0 Å². The van der Waals surface area contributed by atoms with Crippen LogP contribution in [-0.4, -0.2) is 46.0 Å². The van der Waals surface area contributed by atoms with Crippen LogP contribution in [0.2, 0.25) is 0 Å². The summed E-state index contributed by atoms with van der Waals surface area (Å²) in [5.74, 6) is -0.263. The number of hydrogen-bond acceptors (Lipinski definition) is 4. The first kappa shape index (κ1) is 14.0. The molecule has 0 aromatic carbocycles. The smallest absolute Gasteiger partial charge is 0.231 e. The van der Waals surface area contributed by atoms with Gasteiger partial charge in [0, 0.05) is 25.3 Å². The minimum Gasteiger partial charge on any atom is -0.369 e. The highest BCUT2D eigenvalue weighted by Gasteiger charge is 2.23.